The maximum atomic E-state index is 12.9. The summed E-state index contributed by atoms with van der Waals surface area (Å²) in [4.78, 5) is 14.6. The number of amides is 1. The van der Waals surface area contributed by atoms with Crippen LogP contribution in [0.1, 0.15) is 11.1 Å². The summed E-state index contributed by atoms with van der Waals surface area (Å²) in [6.45, 7) is 0. The molecule has 102 valence electrons. The number of halogens is 2. The summed E-state index contributed by atoms with van der Waals surface area (Å²) in [7, 11) is 1.81. The van der Waals surface area contributed by atoms with E-state index in [1.165, 1.54) is 0 Å². The minimum Gasteiger partial charge on any atom is -0.314 e. The molecule has 2 aromatic carbocycles. The van der Waals surface area contributed by atoms with E-state index in [1.807, 2.05) is 55.6 Å². The number of carbonyl (C=O) groups is 1. The van der Waals surface area contributed by atoms with Crippen LogP contribution >= 0.6 is 34.2 Å². The lowest BCUT2D eigenvalue weighted by Crippen LogP contribution is -2.41. The Morgan fingerprint density at radius 1 is 1.20 bits per heavy atom. The van der Waals surface area contributed by atoms with E-state index >= 15 is 0 Å². The highest BCUT2D eigenvalue weighted by atomic mass is 127. The van der Waals surface area contributed by atoms with Crippen LogP contribution in [-0.2, 0) is 10.2 Å². The molecule has 1 amide bonds. The first-order valence-corrected chi connectivity index (χ1v) is 8.21. The molecule has 1 aliphatic heterocycles. The highest BCUT2D eigenvalue weighted by Crippen LogP contribution is 2.47. The molecular weight excluding hydrogens is 385 g/mol. The molecule has 1 heterocycles. The molecule has 1 unspecified atom stereocenters. The van der Waals surface area contributed by atoms with Gasteiger partial charge in [-0.15, -0.1) is 0 Å². The molecule has 1 aliphatic rings. The number of likely N-dealkylation sites (N-methyl/N-ethyl adjacent to an activating group) is 1. The molecule has 20 heavy (non-hydrogen) atoms. The summed E-state index contributed by atoms with van der Waals surface area (Å²) in [5.74, 6) is 0.107. The number of rotatable bonds is 2. The second kappa shape index (κ2) is 5.04. The summed E-state index contributed by atoms with van der Waals surface area (Å²) in [5.41, 5.74) is 2.38. The first-order chi connectivity index (χ1) is 9.61. The van der Waals surface area contributed by atoms with Gasteiger partial charge in [-0.2, -0.15) is 0 Å². The van der Waals surface area contributed by atoms with Gasteiger partial charge >= 0.3 is 0 Å². The van der Waals surface area contributed by atoms with Crippen molar-refractivity contribution in [3.63, 3.8) is 0 Å². The van der Waals surface area contributed by atoms with Crippen molar-refractivity contribution < 1.29 is 4.79 Å². The van der Waals surface area contributed by atoms with Crippen molar-refractivity contribution in [1.82, 2.24) is 0 Å². The van der Waals surface area contributed by atoms with Gasteiger partial charge in [-0.25, -0.2) is 0 Å². The monoisotopic (exact) mass is 397 g/mol. The second-order valence-corrected chi connectivity index (χ2v) is 6.13. The third kappa shape index (κ3) is 1.79. The van der Waals surface area contributed by atoms with E-state index < -0.39 is 5.41 Å². The molecule has 0 N–H and O–H groups in total. The first-order valence-electron chi connectivity index (χ1n) is 6.31. The Hall–Kier alpha value is -1.07. The van der Waals surface area contributed by atoms with E-state index in [9.17, 15) is 4.79 Å². The standard InChI is InChI=1S/C16H13ClINO/c1-19-14-9-12(17)7-8-13(14)16(10-18,15(19)20)11-5-3-2-4-6-11/h2-9H,10H2,1H3. The Kier molecular flexibility index (Phi) is 3.50. The van der Waals surface area contributed by atoms with Crippen LogP contribution in [0.3, 0.4) is 0 Å². The normalized spacial score (nSPS) is 21.1. The van der Waals surface area contributed by atoms with Gasteiger partial charge in [0.05, 0.1) is 0 Å². The number of alkyl halides is 1. The number of benzene rings is 2. The Labute approximate surface area is 136 Å². The number of hydrogen-bond acceptors (Lipinski definition) is 1. The molecule has 0 saturated carbocycles. The zero-order chi connectivity index (χ0) is 14.3. The van der Waals surface area contributed by atoms with Gasteiger partial charge in [-0.3, -0.25) is 4.79 Å². The molecule has 2 aromatic rings. The fourth-order valence-electron chi connectivity index (χ4n) is 2.86. The van der Waals surface area contributed by atoms with Gasteiger partial charge in [0.15, 0.2) is 0 Å². The third-order valence-electron chi connectivity index (χ3n) is 3.92. The molecule has 0 fully saturated rings. The fraction of sp³-hybridized carbons (Fsp3) is 0.188. The molecule has 1 atom stereocenters. The number of hydrogen-bond donors (Lipinski definition) is 0. The predicted molar refractivity (Wildman–Crippen MR) is 91.0 cm³/mol. The van der Waals surface area contributed by atoms with Crippen LogP contribution in [-0.4, -0.2) is 17.4 Å². The van der Waals surface area contributed by atoms with Gasteiger partial charge in [0, 0.05) is 22.2 Å². The lowest BCUT2D eigenvalue weighted by molar-refractivity contribution is -0.120. The average Bonchev–Trinajstić information content (AvgIpc) is 2.70. The lowest BCUT2D eigenvalue weighted by Gasteiger charge is -2.26. The summed E-state index contributed by atoms with van der Waals surface area (Å²) in [6.07, 6.45) is 0. The molecule has 0 radical (unpaired) electrons. The largest absolute Gasteiger partial charge is 0.314 e. The van der Waals surface area contributed by atoms with Crippen molar-refractivity contribution in [2.45, 2.75) is 5.41 Å². The summed E-state index contributed by atoms with van der Waals surface area (Å²) < 4.78 is 0.701. The van der Waals surface area contributed by atoms with Crippen molar-refractivity contribution in [2.75, 3.05) is 16.4 Å². The van der Waals surface area contributed by atoms with Gasteiger partial charge in [0.25, 0.3) is 0 Å². The molecule has 0 bridgehead atoms. The Morgan fingerprint density at radius 3 is 2.55 bits per heavy atom. The lowest BCUT2D eigenvalue weighted by atomic mass is 9.77. The molecule has 0 saturated heterocycles. The van der Waals surface area contributed by atoms with E-state index in [4.69, 9.17) is 11.6 Å². The Morgan fingerprint density at radius 2 is 1.90 bits per heavy atom. The first kappa shape index (κ1) is 13.9. The maximum Gasteiger partial charge on any atom is 0.242 e. The van der Waals surface area contributed by atoms with E-state index in [1.54, 1.807) is 4.90 Å². The van der Waals surface area contributed by atoms with Crippen LogP contribution in [0.25, 0.3) is 0 Å². The molecular formula is C16H13ClINO. The number of carbonyl (C=O) groups excluding carboxylic acids is 1. The highest BCUT2D eigenvalue weighted by molar-refractivity contribution is 14.1. The molecule has 0 spiro atoms. The van der Waals surface area contributed by atoms with Crippen LogP contribution in [0.15, 0.2) is 48.5 Å². The van der Waals surface area contributed by atoms with Crippen LogP contribution < -0.4 is 4.90 Å². The number of fused-ring (bicyclic) bond motifs is 1. The van der Waals surface area contributed by atoms with Crippen LogP contribution in [0.2, 0.25) is 5.02 Å². The molecule has 3 rings (SSSR count). The van der Waals surface area contributed by atoms with Crippen molar-refractivity contribution >= 4 is 45.8 Å². The SMILES string of the molecule is CN1C(=O)C(CI)(c2ccccc2)c2ccc(Cl)cc21. The van der Waals surface area contributed by atoms with Crippen molar-refractivity contribution in [1.29, 1.82) is 0 Å². The van der Waals surface area contributed by atoms with Crippen LogP contribution in [0.4, 0.5) is 5.69 Å². The zero-order valence-corrected chi connectivity index (χ0v) is 13.9. The maximum absolute atomic E-state index is 12.9. The summed E-state index contributed by atoms with van der Waals surface area (Å²) >= 11 is 8.37. The van der Waals surface area contributed by atoms with Gasteiger partial charge in [-0.1, -0.05) is 70.6 Å². The predicted octanol–water partition coefficient (Wildman–Crippen LogP) is 4.04. The van der Waals surface area contributed by atoms with E-state index in [2.05, 4.69) is 22.6 Å². The molecule has 4 heteroatoms. The third-order valence-corrected chi connectivity index (χ3v) is 5.30. The summed E-state index contributed by atoms with van der Waals surface area (Å²) in [6, 6.07) is 15.7. The fourth-order valence-corrected chi connectivity index (χ4v) is 4.21. The minimum absolute atomic E-state index is 0.107. The average molecular weight is 398 g/mol. The smallest absolute Gasteiger partial charge is 0.242 e. The van der Waals surface area contributed by atoms with E-state index in [-0.39, 0.29) is 5.91 Å². The van der Waals surface area contributed by atoms with Crippen molar-refractivity contribution in [3.05, 3.63) is 64.7 Å². The zero-order valence-electron chi connectivity index (χ0n) is 10.9. The van der Waals surface area contributed by atoms with E-state index in [0.29, 0.717) is 9.45 Å². The van der Waals surface area contributed by atoms with Gasteiger partial charge < -0.3 is 4.90 Å². The molecule has 0 aliphatic carbocycles. The molecule has 0 aromatic heterocycles. The van der Waals surface area contributed by atoms with E-state index in [0.717, 1.165) is 16.8 Å². The Balaban J connectivity index is 2.30. The van der Waals surface area contributed by atoms with Gasteiger partial charge in [-0.05, 0) is 23.3 Å². The topological polar surface area (TPSA) is 20.3 Å². The number of anilines is 1. The Bertz CT molecular complexity index is 673. The quantitative estimate of drug-likeness (QED) is 0.553. The van der Waals surface area contributed by atoms with Crippen LogP contribution in [0, 0.1) is 0 Å². The summed E-state index contributed by atoms with van der Waals surface area (Å²) in [5, 5.41) is 0.653. The molecule has 2 nitrogen and oxygen atoms in total. The van der Waals surface area contributed by atoms with Gasteiger partial charge in [0.2, 0.25) is 5.91 Å². The second-order valence-electron chi connectivity index (χ2n) is 4.93. The van der Waals surface area contributed by atoms with Gasteiger partial charge in [0.1, 0.15) is 5.41 Å². The number of nitrogens with zero attached hydrogens (tertiary/aromatic N) is 1. The minimum atomic E-state index is -0.601. The van der Waals surface area contributed by atoms with Crippen molar-refractivity contribution in [2.24, 2.45) is 0 Å². The van der Waals surface area contributed by atoms with Crippen molar-refractivity contribution in [3.8, 4) is 0 Å². The van der Waals surface area contributed by atoms with Crippen LogP contribution in [0.5, 0.6) is 0 Å². The highest BCUT2D eigenvalue weighted by Gasteiger charge is 2.50.